The third-order valence-corrected chi connectivity index (χ3v) is 35.3. The van der Waals surface area contributed by atoms with E-state index in [2.05, 4.69) is 536 Å². The Bertz CT molecular complexity index is 9570. The molecule has 24 aromatic rings. The molecule has 4 nitrogen and oxygen atoms in total. The molecule has 0 radical (unpaired) electrons. The lowest BCUT2D eigenvalue weighted by Gasteiger charge is -2.31. The lowest BCUT2D eigenvalue weighted by molar-refractivity contribution is 0.659. The van der Waals surface area contributed by atoms with Crippen molar-refractivity contribution in [2.75, 3.05) is 9.80 Å². The normalized spacial score (nSPS) is 14.9. The monoisotopic (exact) mass is 1920 g/mol. The van der Waals surface area contributed by atoms with E-state index < -0.39 is 0 Å². The van der Waals surface area contributed by atoms with Crippen molar-refractivity contribution in [3.63, 3.8) is 0 Å². The Labute approximate surface area is 876 Å². The van der Waals surface area contributed by atoms with Gasteiger partial charge in [-0.05, 0) is 344 Å². The average molecular weight is 1920 g/mol. The fraction of sp³-hybridized carbons (Fsp3) is 0.123. The van der Waals surface area contributed by atoms with Gasteiger partial charge in [0.2, 0.25) is 0 Å². The van der Waals surface area contributed by atoms with E-state index in [4.69, 9.17) is 8.83 Å². The Balaban J connectivity index is 0.000000142. The SMILES string of the molecule is CC1(C)c2cc(-c3ccc4ccccc4c3)ccc2-c2ccc(N(c3ccc4c(c3)C(C)(C)c3cc(-c5ccc6ccccc6c5)ccc3-4)c3ccc4c(c3)C(C)(C)c3cc(-c5cccc6c5oc5ccccc56)ccc3-4)cc21.CC1(C)c2cc(-c3ccccc3)ccc2-c2ccc(N(c3ccc4c(c3)C(C)(C)c3cc(-c5ccccc5)ccc3-4)c3ccc4c(c3)C(C)(C)c3cc(-c5cccc6c5oc5ccccc56)ccc3-4)cc21. The first-order valence-electron chi connectivity index (χ1n) is 53.1. The minimum Gasteiger partial charge on any atom is -0.455 e. The first kappa shape index (κ1) is 89.0. The van der Waals surface area contributed by atoms with Crippen molar-refractivity contribution in [1.29, 1.82) is 0 Å². The Morgan fingerprint density at radius 2 is 0.347 bits per heavy atom. The molecule has 22 aromatic carbocycles. The van der Waals surface area contributed by atoms with E-state index in [1.807, 2.05) is 6.07 Å². The molecule has 2 heterocycles. The van der Waals surface area contributed by atoms with Crippen LogP contribution in [0.15, 0.2) is 458 Å². The minimum absolute atomic E-state index is 0.207. The number of fused-ring (bicyclic) bond motifs is 26. The molecule has 0 N–H and O–H groups in total. The minimum atomic E-state index is -0.279. The molecular weight excluding hydrogens is 1810 g/mol. The molecule has 0 fully saturated rings. The second-order valence-electron chi connectivity index (χ2n) is 45.8. The Hall–Kier alpha value is -17.4. The zero-order valence-corrected chi connectivity index (χ0v) is 86.4. The van der Waals surface area contributed by atoms with Crippen molar-refractivity contribution in [3.05, 3.63) is 516 Å². The van der Waals surface area contributed by atoms with Crippen LogP contribution in [0.3, 0.4) is 0 Å². The van der Waals surface area contributed by atoms with E-state index in [1.165, 1.54) is 211 Å². The Morgan fingerprint density at radius 1 is 0.140 bits per heavy atom. The summed E-state index contributed by atoms with van der Waals surface area (Å²) in [5.41, 5.74) is 55.6. The number of hydrogen-bond acceptors (Lipinski definition) is 4. The average Bonchev–Trinajstić information content (AvgIpc) is 1.56. The smallest absolute Gasteiger partial charge is 0.143 e. The maximum absolute atomic E-state index is 6.58. The highest BCUT2D eigenvalue weighted by atomic mass is 16.3. The number of nitrogens with zero attached hydrogens (tertiary/aromatic N) is 2. The standard InChI is InChI=1S/C77H57NO.C69H53NO/c1-75(2)67-40-52(50-24-22-46-14-7-9-16-48(46)38-50)26-32-59(67)62-35-29-55(43-70(62)75)78(56-30-36-63-60-33-27-53(41-68(60)76(3,4)71(63)44-56)51-25-23-47-15-8-10-17-49(47)39-51)57-31-37-64-61-34-28-54(42-69(61)77(5,6)72(64)45-57)58-19-13-20-66-65-18-11-12-21-73(65)79-74(58)66;1-67(2)59-36-44(42-16-9-7-10-17-42)24-30-51(59)54-33-27-47(39-62(54)67)70(48-28-34-55-52-31-25-45(43-18-11-8-12-19-43)37-60(52)68(3,4)63(55)40-48)49-29-35-56-53-32-26-46(38-61(53)69(5,6)64(56)41-49)50-21-15-22-58-57-20-13-14-23-65(57)71-66(50)58/h7-45H,1-6H3;7-41H,1-6H3. The van der Waals surface area contributed by atoms with E-state index in [9.17, 15) is 0 Å². The summed E-state index contributed by atoms with van der Waals surface area (Å²) in [6.07, 6.45) is 0. The van der Waals surface area contributed by atoms with Crippen LogP contribution in [0.4, 0.5) is 34.1 Å². The van der Waals surface area contributed by atoms with Gasteiger partial charge in [-0.15, -0.1) is 0 Å². The molecule has 0 unspecified atom stereocenters. The third kappa shape index (κ3) is 13.4. The molecule has 0 spiro atoms. The Kier molecular flexibility index (Phi) is 19.3. The second-order valence-corrected chi connectivity index (χ2v) is 45.8. The van der Waals surface area contributed by atoms with Crippen LogP contribution in [0.1, 0.15) is 150 Å². The van der Waals surface area contributed by atoms with E-state index in [0.717, 1.165) is 89.1 Å². The van der Waals surface area contributed by atoms with Gasteiger partial charge in [0, 0.05) is 99.3 Å². The summed E-state index contributed by atoms with van der Waals surface area (Å²) in [4.78, 5) is 5.06. The summed E-state index contributed by atoms with van der Waals surface area (Å²) in [7, 11) is 0. The van der Waals surface area contributed by atoms with Crippen LogP contribution in [0, 0.1) is 0 Å². The Morgan fingerprint density at radius 3 is 0.633 bits per heavy atom. The van der Waals surface area contributed by atoms with Gasteiger partial charge in [0.05, 0.1) is 0 Å². The topological polar surface area (TPSA) is 32.8 Å². The molecule has 0 saturated carbocycles. The zero-order valence-electron chi connectivity index (χ0n) is 86.4. The van der Waals surface area contributed by atoms with Crippen molar-refractivity contribution in [1.82, 2.24) is 0 Å². The molecule has 4 heteroatoms. The number of anilines is 6. The molecule has 6 aliphatic carbocycles. The van der Waals surface area contributed by atoms with E-state index in [1.54, 1.807) is 0 Å². The summed E-state index contributed by atoms with van der Waals surface area (Å²) in [5, 5.41) is 9.65. The maximum atomic E-state index is 6.58. The summed E-state index contributed by atoms with van der Waals surface area (Å²) in [6.45, 7) is 28.9. The molecule has 0 atom stereocenters. The molecule has 0 aliphatic heterocycles. The van der Waals surface area contributed by atoms with Gasteiger partial charge < -0.3 is 18.6 Å². The predicted molar refractivity (Wildman–Crippen MR) is 630 cm³/mol. The van der Waals surface area contributed by atoms with Gasteiger partial charge in [-0.3, -0.25) is 0 Å². The highest BCUT2D eigenvalue weighted by Crippen LogP contribution is 2.62. The quantitative estimate of drug-likeness (QED) is 0.122. The van der Waals surface area contributed by atoms with Gasteiger partial charge >= 0.3 is 0 Å². The lowest BCUT2D eigenvalue weighted by atomic mass is 9.80. The van der Waals surface area contributed by atoms with Gasteiger partial charge in [-0.25, -0.2) is 0 Å². The number of para-hydroxylation sites is 4. The van der Waals surface area contributed by atoms with Crippen molar-refractivity contribution >= 4 is 99.5 Å². The second kappa shape index (κ2) is 32.5. The summed E-state index contributed by atoms with van der Waals surface area (Å²) >= 11 is 0. The van der Waals surface area contributed by atoms with Crippen LogP contribution >= 0.6 is 0 Å². The highest BCUT2D eigenvalue weighted by Gasteiger charge is 2.45. The number of rotatable bonds is 12. The summed E-state index contributed by atoms with van der Waals surface area (Å²) in [6, 6.07) is 168. The first-order chi connectivity index (χ1) is 72.8. The van der Waals surface area contributed by atoms with E-state index in [0.29, 0.717) is 0 Å². The molecular formula is C146H110N2O2. The zero-order chi connectivity index (χ0) is 101. The summed E-state index contributed by atoms with van der Waals surface area (Å²) < 4.78 is 13.1. The van der Waals surface area contributed by atoms with Gasteiger partial charge in [0.25, 0.3) is 0 Å². The first-order valence-corrected chi connectivity index (χ1v) is 53.1. The number of benzene rings is 22. The van der Waals surface area contributed by atoms with Crippen molar-refractivity contribution in [2.24, 2.45) is 0 Å². The van der Waals surface area contributed by atoms with E-state index >= 15 is 0 Å². The molecule has 716 valence electrons. The number of furan rings is 2. The van der Waals surface area contributed by atoms with Crippen LogP contribution in [0.25, 0.3) is 199 Å². The third-order valence-electron chi connectivity index (χ3n) is 35.3. The van der Waals surface area contributed by atoms with Crippen LogP contribution < -0.4 is 9.80 Å². The van der Waals surface area contributed by atoms with Crippen molar-refractivity contribution in [3.8, 4) is 134 Å². The molecule has 2 aromatic heterocycles. The molecule has 150 heavy (non-hydrogen) atoms. The van der Waals surface area contributed by atoms with Gasteiger partial charge in [-0.1, -0.05) is 399 Å². The predicted octanol–water partition coefficient (Wildman–Crippen LogP) is 40.3. The van der Waals surface area contributed by atoms with Crippen LogP contribution in [0.2, 0.25) is 0 Å². The largest absolute Gasteiger partial charge is 0.455 e. The van der Waals surface area contributed by atoms with Crippen molar-refractivity contribution in [2.45, 2.75) is 116 Å². The van der Waals surface area contributed by atoms with Gasteiger partial charge in [0.1, 0.15) is 22.3 Å². The fourth-order valence-electron chi connectivity index (χ4n) is 27.1. The number of hydrogen-bond donors (Lipinski definition) is 0. The van der Waals surface area contributed by atoms with Crippen molar-refractivity contribution < 1.29 is 8.83 Å². The summed E-state index contributed by atoms with van der Waals surface area (Å²) in [5.74, 6) is 0. The molecule has 6 aliphatic rings. The molecule has 0 saturated heterocycles. The molecule has 0 bridgehead atoms. The van der Waals surface area contributed by atoms with Gasteiger partial charge in [-0.2, -0.15) is 0 Å². The molecule has 0 amide bonds. The van der Waals surface area contributed by atoms with Crippen LogP contribution in [-0.4, -0.2) is 0 Å². The lowest BCUT2D eigenvalue weighted by Crippen LogP contribution is -2.19. The molecule has 30 rings (SSSR count). The van der Waals surface area contributed by atoms with Gasteiger partial charge in [0.15, 0.2) is 0 Å². The maximum Gasteiger partial charge on any atom is 0.143 e. The van der Waals surface area contributed by atoms with E-state index in [-0.39, 0.29) is 32.5 Å². The highest BCUT2D eigenvalue weighted by molar-refractivity contribution is 6.12. The fourth-order valence-corrected chi connectivity index (χ4v) is 27.1. The van der Waals surface area contributed by atoms with Crippen LogP contribution in [-0.2, 0) is 32.5 Å². The van der Waals surface area contributed by atoms with Crippen LogP contribution in [0.5, 0.6) is 0 Å².